The van der Waals surface area contributed by atoms with Crippen molar-refractivity contribution in [3.05, 3.63) is 46.9 Å². The number of rotatable bonds is 3. The summed E-state index contributed by atoms with van der Waals surface area (Å²) in [7, 11) is 1.52. The van der Waals surface area contributed by atoms with Crippen molar-refractivity contribution in [3.8, 4) is 5.75 Å². The van der Waals surface area contributed by atoms with Gasteiger partial charge in [0.25, 0.3) is 5.91 Å². The third kappa shape index (κ3) is 3.20. The number of carbonyl (C=O) groups excluding carboxylic acids is 1. The number of aryl methyl sites for hydroxylation is 1. The summed E-state index contributed by atoms with van der Waals surface area (Å²) >= 11 is 5.66. The van der Waals surface area contributed by atoms with Crippen LogP contribution in [0.5, 0.6) is 5.75 Å². The molecular formula is C13H12ClN3O2. The number of nitrogens with zero attached hydrogens (tertiary/aromatic N) is 2. The average Bonchev–Trinajstić information content (AvgIpc) is 2.38. The number of nitrogens with one attached hydrogen (secondary N) is 1. The summed E-state index contributed by atoms with van der Waals surface area (Å²) in [6.07, 6.45) is 1.47. The molecule has 0 aliphatic heterocycles. The van der Waals surface area contributed by atoms with E-state index in [1.54, 1.807) is 18.2 Å². The summed E-state index contributed by atoms with van der Waals surface area (Å²) in [4.78, 5) is 19.8. The number of aromatic nitrogens is 2. The van der Waals surface area contributed by atoms with Gasteiger partial charge in [-0.05, 0) is 36.7 Å². The molecular weight excluding hydrogens is 266 g/mol. The molecule has 6 heteroatoms. The standard InChI is InChI=1S/C13H12ClN3O2/c1-8-3-4-10(19-2)9(7-8)12(18)16-11-5-6-15-13(14)17-11/h3-7H,1-2H3,(H,15,16,17,18). The van der Waals surface area contributed by atoms with Gasteiger partial charge >= 0.3 is 0 Å². The van der Waals surface area contributed by atoms with Crippen LogP contribution < -0.4 is 10.1 Å². The highest BCUT2D eigenvalue weighted by Crippen LogP contribution is 2.20. The Kier molecular flexibility index (Phi) is 3.97. The lowest BCUT2D eigenvalue weighted by molar-refractivity contribution is 0.102. The van der Waals surface area contributed by atoms with E-state index in [9.17, 15) is 4.79 Å². The molecule has 0 bridgehead atoms. The lowest BCUT2D eigenvalue weighted by Gasteiger charge is -2.09. The zero-order valence-corrected chi connectivity index (χ0v) is 11.2. The van der Waals surface area contributed by atoms with Crippen LogP contribution in [0.15, 0.2) is 30.5 Å². The first kappa shape index (κ1) is 13.3. The van der Waals surface area contributed by atoms with Gasteiger partial charge in [0, 0.05) is 6.20 Å². The van der Waals surface area contributed by atoms with Gasteiger partial charge in [-0.2, -0.15) is 0 Å². The van der Waals surface area contributed by atoms with E-state index in [0.717, 1.165) is 5.56 Å². The second-order valence-corrected chi connectivity index (χ2v) is 4.21. The summed E-state index contributed by atoms with van der Waals surface area (Å²) in [5.74, 6) is 0.534. The Bertz CT molecular complexity index is 617. The van der Waals surface area contributed by atoms with Crippen LogP contribution in [0.3, 0.4) is 0 Å². The predicted molar refractivity (Wildman–Crippen MR) is 72.7 cm³/mol. The van der Waals surface area contributed by atoms with Gasteiger partial charge in [0.1, 0.15) is 11.6 Å². The molecule has 0 saturated carbocycles. The zero-order chi connectivity index (χ0) is 13.8. The SMILES string of the molecule is COc1ccc(C)cc1C(=O)Nc1ccnc(Cl)n1. The van der Waals surface area contributed by atoms with Crippen LogP contribution in [0.4, 0.5) is 5.82 Å². The summed E-state index contributed by atoms with van der Waals surface area (Å²) in [6.45, 7) is 1.90. The van der Waals surface area contributed by atoms with E-state index < -0.39 is 0 Å². The number of benzene rings is 1. The molecule has 5 nitrogen and oxygen atoms in total. The molecule has 0 aliphatic rings. The predicted octanol–water partition coefficient (Wildman–Crippen LogP) is 2.70. The van der Waals surface area contributed by atoms with Crippen LogP contribution in [0.1, 0.15) is 15.9 Å². The molecule has 2 aromatic rings. The highest BCUT2D eigenvalue weighted by Gasteiger charge is 2.13. The smallest absolute Gasteiger partial charge is 0.260 e. The van der Waals surface area contributed by atoms with Crippen LogP contribution in [-0.4, -0.2) is 23.0 Å². The lowest BCUT2D eigenvalue weighted by Crippen LogP contribution is -2.14. The van der Waals surface area contributed by atoms with E-state index >= 15 is 0 Å². The average molecular weight is 278 g/mol. The van der Waals surface area contributed by atoms with Gasteiger partial charge in [-0.3, -0.25) is 4.79 Å². The Morgan fingerprint density at radius 2 is 2.16 bits per heavy atom. The normalized spacial score (nSPS) is 10.1. The molecule has 1 aromatic carbocycles. The number of methoxy groups -OCH3 is 1. The van der Waals surface area contributed by atoms with Gasteiger partial charge in [-0.25, -0.2) is 9.97 Å². The first-order chi connectivity index (χ1) is 9.10. The molecule has 1 aromatic heterocycles. The third-order valence-corrected chi connectivity index (χ3v) is 2.65. The lowest BCUT2D eigenvalue weighted by atomic mass is 10.1. The highest BCUT2D eigenvalue weighted by atomic mass is 35.5. The van der Waals surface area contributed by atoms with Crippen molar-refractivity contribution >= 4 is 23.3 Å². The number of hydrogen-bond acceptors (Lipinski definition) is 4. The van der Waals surface area contributed by atoms with Gasteiger partial charge in [0.2, 0.25) is 5.28 Å². The summed E-state index contributed by atoms with van der Waals surface area (Å²) in [6, 6.07) is 6.93. The maximum absolute atomic E-state index is 12.2. The molecule has 0 saturated heterocycles. The molecule has 1 heterocycles. The molecule has 0 aliphatic carbocycles. The molecule has 1 N–H and O–H groups in total. The number of anilines is 1. The Morgan fingerprint density at radius 1 is 1.37 bits per heavy atom. The third-order valence-electron chi connectivity index (χ3n) is 2.47. The molecule has 1 amide bonds. The van der Waals surface area contributed by atoms with E-state index in [2.05, 4.69) is 15.3 Å². The Morgan fingerprint density at radius 3 is 2.84 bits per heavy atom. The Balaban J connectivity index is 2.27. The molecule has 0 spiro atoms. The van der Waals surface area contributed by atoms with Crippen molar-refractivity contribution in [2.75, 3.05) is 12.4 Å². The van der Waals surface area contributed by atoms with Crippen molar-refractivity contribution in [3.63, 3.8) is 0 Å². The summed E-state index contributed by atoms with van der Waals surface area (Å²) in [5, 5.41) is 2.72. The maximum Gasteiger partial charge on any atom is 0.260 e. The van der Waals surface area contributed by atoms with E-state index in [1.165, 1.54) is 13.3 Å². The topological polar surface area (TPSA) is 64.1 Å². The quantitative estimate of drug-likeness (QED) is 0.876. The molecule has 0 atom stereocenters. The number of amides is 1. The monoisotopic (exact) mass is 277 g/mol. The minimum absolute atomic E-state index is 0.0778. The van der Waals surface area contributed by atoms with Crippen LogP contribution in [0, 0.1) is 6.92 Å². The molecule has 0 unspecified atom stereocenters. The van der Waals surface area contributed by atoms with Gasteiger partial charge in [-0.1, -0.05) is 11.6 Å². The molecule has 0 fully saturated rings. The number of hydrogen-bond donors (Lipinski definition) is 1. The van der Waals surface area contributed by atoms with Crippen LogP contribution in [0.25, 0.3) is 0 Å². The second kappa shape index (κ2) is 5.67. The molecule has 19 heavy (non-hydrogen) atoms. The first-order valence-electron chi connectivity index (χ1n) is 5.54. The minimum Gasteiger partial charge on any atom is -0.496 e. The number of carbonyl (C=O) groups is 1. The van der Waals surface area contributed by atoms with Crippen molar-refractivity contribution in [2.24, 2.45) is 0 Å². The van der Waals surface area contributed by atoms with Crippen LogP contribution in [0.2, 0.25) is 5.28 Å². The van der Waals surface area contributed by atoms with E-state index in [0.29, 0.717) is 17.1 Å². The molecule has 0 radical (unpaired) electrons. The van der Waals surface area contributed by atoms with Crippen molar-refractivity contribution in [1.82, 2.24) is 9.97 Å². The van der Waals surface area contributed by atoms with Crippen molar-refractivity contribution in [1.29, 1.82) is 0 Å². The Labute approximate surface area is 115 Å². The highest BCUT2D eigenvalue weighted by molar-refractivity contribution is 6.28. The maximum atomic E-state index is 12.2. The van der Waals surface area contributed by atoms with E-state index in [4.69, 9.17) is 16.3 Å². The van der Waals surface area contributed by atoms with Gasteiger partial charge in [0.15, 0.2) is 0 Å². The minimum atomic E-state index is -0.310. The van der Waals surface area contributed by atoms with Gasteiger partial charge in [0.05, 0.1) is 12.7 Å². The number of halogens is 1. The van der Waals surface area contributed by atoms with Crippen molar-refractivity contribution in [2.45, 2.75) is 6.92 Å². The fraction of sp³-hybridized carbons (Fsp3) is 0.154. The fourth-order valence-electron chi connectivity index (χ4n) is 1.59. The number of ether oxygens (including phenoxy) is 1. The van der Waals surface area contributed by atoms with Crippen LogP contribution >= 0.6 is 11.6 Å². The second-order valence-electron chi connectivity index (χ2n) is 3.87. The zero-order valence-electron chi connectivity index (χ0n) is 10.5. The summed E-state index contributed by atoms with van der Waals surface area (Å²) in [5.41, 5.74) is 1.41. The largest absolute Gasteiger partial charge is 0.496 e. The van der Waals surface area contributed by atoms with Gasteiger partial charge in [-0.15, -0.1) is 0 Å². The fourth-order valence-corrected chi connectivity index (χ4v) is 1.73. The first-order valence-corrected chi connectivity index (χ1v) is 5.92. The Hall–Kier alpha value is -2.14. The van der Waals surface area contributed by atoms with Gasteiger partial charge < -0.3 is 10.1 Å². The van der Waals surface area contributed by atoms with Crippen LogP contribution in [-0.2, 0) is 0 Å². The molecule has 2 rings (SSSR count). The van der Waals surface area contributed by atoms with E-state index in [1.807, 2.05) is 13.0 Å². The molecule has 98 valence electrons. The van der Waals surface area contributed by atoms with Crippen molar-refractivity contribution < 1.29 is 9.53 Å². The summed E-state index contributed by atoms with van der Waals surface area (Å²) < 4.78 is 5.16. The van der Waals surface area contributed by atoms with E-state index in [-0.39, 0.29) is 11.2 Å².